The number of benzene rings is 1. The van der Waals surface area contributed by atoms with Crippen LogP contribution in [-0.4, -0.2) is 18.3 Å². The minimum Gasteiger partial charge on any atom is -0.305 e. The fraction of sp³-hybridized carbons (Fsp3) is 0.429. The Morgan fingerprint density at radius 3 is 2.81 bits per heavy atom. The molecule has 0 aliphatic heterocycles. The van der Waals surface area contributed by atoms with Crippen molar-refractivity contribution in [2.24, 2.45) is 0 Å². The molecule has 0 saturated carbocycles. The summed E-state index contributed by atoms with van der Waals surface area (Å²) in [7, 11) is 0. The minimum atomic E-state index is 0.537. The zero-order valence-corrected chi connectivity index (χ0v) is 11.0. The molecule has 0 bridgehead atoms. The SMILES string of the molecule is C#CCNCC(C)Sc1ccc(C)cc1C. The summed E-state index contributed by atoms with van der Waals surface area (Å²) in [5.41, 5.74) is 2.67. The van der Waals surface area contributed by atoms with Crippen LogP contribution >= 0.6 is 11.8 Å². The van der Waals surface area contributed by atoms with E-state index in [0.29, 0.717) is 11.8 Å². The number of hydrogen-bond donors (Lipinski definition) is 1. The van der Waals surface area contributed by atoms with Crippen LogP contribution < -0.4 is 5.32 Å². The number of aryl methyl sites for hydroxylation is 2. The summed E-state index contributed by atoms with van der Waals surface area (Å²) < 4.78 is 0. The van der Waals surface area contributed by atoms with Gasteiger partial charge >= 0.3 is 0 Å². The molecule has 0 aliphatic rings. The quantitative estimate of drug-likeness (QED) is 0.477. The number of terminal acetylenes is 1. The van der Waals surface area contributed by atoms with Crippen molar-refractivity contribution in [3.05, 3.63) is 29.3 Å². The molecule has 1 atom stereocenters. The molecule has 0 heterocycles. The van der Waals surface area contributed by atoms with Crippen LogP contribution in [0.25, 0.3) is 0 Å². The van der Waals surface area contributed by atoms with Gasteiger partial charge in [-0.25, -0.2) is 0 Å². The van der Waals surface area contributed by atoms with E-state index in [9.17, 15) is 0 Å². The molecule has 86 valence electrons. The molecular formula is C14H19NS. The average Bonchev–Trinajstić information content (AvgIpc) is 2.23. The van der Waals surface area contributed by atoms with E-state index in [2.05, 4.69) is 50.2 Å². The molecule has 0 amide bonds. The predicted octanol–water partition coefficient (Wildman–Crippen LogP) is 3.01. The van der Waals surface area contributed by atoms with E-state index in [1.807, 2.05) is 11.8 Å². The highest BCUT2D eigenvalue weighted by Crippen LogP contribution is 2.26. The lowest BCUT2D eigenvalue weighted by Crippen LogP contribution is -2.22. The fourth-order valence-electron chi connectivity index (χ4n) is 1.54. The van der Waals surface area contributed by atoms with Gasteiger partial charge in [0.1, 0.15) is 0 Å². The molecule has 16 heavy (non-hydrogen) atoms. The molecule has 1 nitrogen and oxygen atoms in total. The lowest BCUT2D eigenvalue weighted by atomic mass is 10.2. The lowest BCUT2D eigenvalue weighted by Gasteiger charge is -2.13. The van der Waals surface area contributed by atoms with Gasteiger partial charge in [0.15, 0.2) is 0 Å². The van der Waals surface area contributed by atoms with Crippen molar-refractivity contribution in [3.8, 4) is 12.3 Å². The molecule has 1 N–H and O–H groups in total. The summed E-state index contributed by atoms with van der Waals surface area (Å²) in [5, 5.41) is 3.77. The van der Waals surface area contributed by atoms with E-state index in [4.69, 9.17) is 6.42 Å². The van der Waals surface area contributed by atoms with Crippen LogP contribution in [0.2, 0.25) is 0 Å². The topological polar surface area (TPSA) is 12.0 Å². The van der Waals surface area contributed by atoms with Gasteiger partial charge in [-0.1, -0.05) is 30.5 Å². The number of rotatable bonds is 5. The Balaban J connectivity index is 2.50. The smallest absolute Gasteiger partial charge is 0.0574 e. The molecule has 0 saturated heterocycles. The molecule has 1 rings (SSSR count). The van der Waals surface area contributed by atoms with E-state index in [-0.39, 0.29) is 0 Å². The van der Waals surface area contributed by atoms with Gasteiger partial charge < -0.3 is 5.32 Å². The maximum Gasteiger partial charge on any atom is 0.0574 e. The van der Waals surface area contributed by atoms with Gasteiger partial charge in [0.25, 0.3) is 0 Å². The second-order valence-corrected chi connectivity index (χ2v) is 5.51. The van der Waals surface area contributed by atoms with E-state index >= 15 is 0 Å². The van der Waals surface area contributed by atoms with Crippen LogP contribution in [0.4, 0.5) is 0 Å². The molecule has 2 heteroatoms. The Labute approximate surface area is 103 Å². The number of thioether (sulfide) groups is 1. The van der Waals surface area contributed by atoms with Gasteiger partial charge in [0.05, 0.1) is 6.54 Å². The van der Waals surface area contributed by atoms with E-state index in [1.54, 1.807) is 0 Å². The molecule has 0 radical (unpaired) electrons. The number of hydrogen-bond acceptors (Lipinski definition) is 2. The molecule has 1 unspecified atom stereocenters. The third kappa shape index (κ3) is 4.30. The van der Waals surface area contributed by atoms with Crippen LogP contribution in [-0.2, 0) is 0 Å². The zero-order chi connectivity index (χ0) is 12.0. The normalized spacial score (nSPS) is 12.1. The summed E-state index contributed by atoms with van der Waals surface area (Å²) in [6.45, 7) is 8.10. The van der Waals surface area contributed by atoms with Gasteiger partial charge in [-0.05, 0) is 25.5 Å². The highest BCUT2D eigenvalue weighted by molar-refractivity contribution is 8.00. The fourth-order valence-corrected chi connectivity index (χ4v) is 2.56. The highest BCUT2D eigenvalue weighted by Gasteiger charge is 2.05. The largest absolute Gasteiger partial charge is 0.305 e. The van der Waals surface area contributed by atoms with E-state index in [0.717, 1.165) is 6.54 Å². The minimum absolute atomic E-state index is 0.537. The first-order chi connectivity index (χ1) is 7.63. The van der Waals surface area contributed by atoms with Gasteiger partial charge in [0.2, 0.25) is 0 Å². The van der Waals surface area contributed by atoms with Crippen LogP contribution in [0.15, 0.2) is 23.1 Å². The van der Waals surface area contributed by atoms with Crippen molar-refractivity contribution >= 4 is 11.8 Å². The Hall–Kier alpha value is -0.910. The summed E-state index contributed by atoms with van der Waals surface area (Å²) in [5.74, 6) is 2.59. The summed E-state index contributed by atoms with van der Waals surface area (Å²) >= 11 is 1.90. The van der Waals surface area contributed by atoms with Gasteiger partial charge in [-0.3, -0.25) is 0 Å². The first-order valence-electron chi connectivity index (χ1n) is 5.51. The second-order valence-electron chi connectivity index (χ2n) is 4.03. The predicted molar refractivity (Wildman–Crippen MR) is 72.9 cm³/mol. The molecule has 0 aromatic heterocycles. The highest BCUT2D eigenvalue weighted by atomic mass is 32.2. The summed E-state index contributed by atoms with van der Waals surface area (Å²) in [6, 6.07) is 6.59. The molecule has 0 spiro atoms. The van der Waals surface area contributed by atoms with Crippen molar-refractivity contribution < 1.29 is 0 Å². The first kappa shape index (κ1) is 13.2. The monoisotopic (exact) mass is 233 g/mol. The molecule has 0 aliphatic carbocycles. The average molecular weight is 233 g/mol. The Bertz CT molecular complexity index is 379. The summed E-state index contributed by atoms with van der Waals surface area (Å²) in [4.78, 5) is 1.36. The maximum absolute atomic E-state index is 5.19. The van der Waals surface area contributed by atoms with Crippen molar-refractivity contribution in [3.63, 3.8) is 0 Å². The van der Waals surface area contributed by atoms with E-state index in [1.165, 1.54) is 16.0 Å². The van der Waals surface area contributed by atoms with Crippen molar-refractivity contribution in [1.29, 1.82) is 0 Å². The van der Waals surface area contributed by atoms with Crippen molar-refractivity contribution in [2.45, 2.75) is 30.9 Å². The van der Waals surface area contributed by atoms with Gasteiger partial charge in [-0.2, -0.15) is 0 Å². The van der Waals surface area contributed by atoms with Crippen molar-refractivity contribution in [2.75, 3.05) is 13.1 Å². The van der Waals surface area contributed by atoms with Gasteiger partial charge in [0, 0.05) is 16.7 Å². The second kappa shape index (κ2) is 6.62. The zero-order valence-electron chi connectivity index (χ0n) is 10.2. The third-order valence-electron chi connectivity index (χ3n) is 2.32. The lowest BCUT2D eigenvalue weighted by molar-refractivity contribution is 0.748. The Morgan fingerprint density at radius 1 is 1.44 bits per heavy atom. The maximum atomic E-state index is 5.19. The van der Waals surface area contributed by atoms with Crippen LogP contribution in [0.5, 0.6) is 0 Å². The van der Waals surface area contributed by atoms with Crippen molar-refractivity contribution in [1.82, 2.24) is 5.32 Å². The van der Waals surface area contributed by atoms with E-state index < -0.39 is 0 Å². The van der Waals surface area contributed by atoms with Crippen LogP contribution in [0.3, 0.4) is 0 Å². The van der Waals surface area contributed by atoms with Crippen LogP contribution in [0, 0.1) is 26.2 Å². The Morgan fingerprint density at radius 2 is 2.19 bits per heavy atom. The first-order valence-corrected chi connectivity index (χ1v) is 6.39. The molecule has 1 aromatic carbocycles. The standard InChI is InChI=1S/C14H19NS/c1-5-8-15-10-13(4)16-14-7-6-11(2)9-12(14)3/h1,6-7,9,13,15H,8,10H2,2-4H3. The third-order valence-corrected chi connectivity index (χ3v) is 3.60. The Kier molecular flexibility index (Phi) is 5.45. The molecule has 0 fully saturated rings. The number of nitrogens with one attached hydrogen (secondary N) is 1. The molecular weight excluding hydrogens is 214 g/mol. The van der Waals surface area contributed by atoms with Gasteiger partial charge in [-0.15, -0.1) is 18.2 Å². The molecule has 1 aromatic rings. The summed E-state index contributed by atoms with van der Waals surface area (Å²) in [6.07, 6.45) is 5.19. The van der Waals surface area contributed by atoms with Crippen LogP contribution in [0.1, 0.15) is 18.1 Å².